The molecule has 1 N–H and O–H groups in total. The molecule has 5 atom stereocenters. The molecule has 0 spiro atoms. The van der Waals surface area contributed by atoms with E-state index in [1.165, 1.54) is 6.42 Å². The lowest BCUT2D eigenvalue weighted by Crippen LogP contribution is -2.55. The lowest BCUT2D eigenvalue weighted by atomic mass is 9.54. The first kappa shape index (κ1) is 11.7. The van der Waals surface area contributed by atoms with Crippen LogP contribution in [0.5, 0.6) is 0 Å². The third-order valence-corrected chi connectivity index (χ3v) is 6.32. The van der Waals surface area contributed by atoms with Crippen molar-refractivity contribution in [3.05, 3.63) is 0 Å². The number of rotatable bonds is 0. The van der Waals surface area contributed by atoms with Gasteiger partial charge in [-0.1, -0.05) is 20.8 Å². The van der Waals surface area contributed by atoms with Gasteiger partial charge in [0, 0.05) is 17.8 Å². The molecule has 0 heterocycles. The van der Waals surface area contributed by atoms with Crippen LogP contribution >= 0.6 is 0 Å². The summed E-state index contributed by atoms with van der Waals surface area (Å²) in [5.41, 5.74) is -0.555. The summed E-state index contributed by atoms with van der Waals surface area (Å²) in [6.07, 6.45) is 3.38. The standard InChI is InChI=1S/C15H24O2/c1-13(2)9-5-7-14(3)10(16)6-8-15(4,17)12(14)11(9)13/h9,11-12,17H,5-8H2,1-4H3/t9?,11?,12?,14-,15?/m1/s1. The fourth-order valence-corrected chi connectivity index (χ4v) is 5.20. The van der Waals surface area contributed by atoms with Gasteiger partial charge in [0.15, 0.2) is 0 Å². The lowest BCUT2D eigenvalue weighted by Gasteiger charge is -2.51. The van der Waals surface area contributed by atoms with Crippen LogP contribution in [0.1, 0.15) is 53.4 Å². The van der Waals surface area contributed by atoms with Gasteiger partial charge in [-0.05, 0) is 43.4 Å². The summed E-state index contributed by atoms with van der Waals surface area (Å²) in [6, 6.07) is 0. The number of ketones is 1. The number of carbonyl (C=O) groups is 1. The maximum absolute atomic E-state index is 12.3. The van der Waals surface area contributed by atoms with Crippen LogP contribution < -0.4 is 0 Å². The van der Waals surface area contributed by atoms with Gasteiger partial charge in [0.2, 0.25) is 0 Å². The minimum Gasteiger partial charge on any atom is -0.390 e. The van der Waals surface area contributed by atoms with E-state index >= 15 is 0 Å². The van der Waals surface area contributed by atoms with E-state index in [1.807, 2.05) is 6.92 Å². The fraction of sp³-hybridized carbons (Fsp3) is 0.933. The van der Waals surface area contributed by atoms with Gasteiger partial charge in [-0.25, -0.2) is 0 Å². The van der Waals surface area contributed by atoms with E-state index in [2.05, 4.69) is 20.8 Å². The van der Waals surface area contributed by atoms with Crippen molar-refractivity contribution in [3.63, 3.8) is 0 Å². The molecule has 3 aliphatic carbocycles. The van der Waals surface area contributed by atoms with Gasteiger partial charge in [-0.15, -0.1) is 0 Å². The van der Waals surface area contributed by atoms with Gasteiger partial charge in [0.05, 0.1) is 5.60 Å². The normalized spacial score (nSPS) is 56.1. The Morgan fingerprint density at radius 2 is 1.82 bits per heavy atom. The van der Waals surface area contributed by atoms with E-state index < -0.39 is 5.60 Å². The van der Waals surface area contributed by atoms with E-state index in [0.717, 1.165) is 12.3 Å². The first-order chi connectivity index (χ1) is 7.71. The van der Waals surface area contributed by atoms with Crippen LogP contribution in [0.2, 0.25) is 0 Å². The molecule has 3 saturated carbocycles. The smallest absolute Gasteiger partial charge is 0.139 e. The maximum Gasteiger partial charge on any atom is 0.139 e. The van der Waals surface area contributed by atoms with Crippen molar-refractivity contribution >= 4 is 5.78 Å². The molecule has 17 heavy (non-hydrogen) atoms. The van der Waals surface area contributed by atoms with E-state index in [9.17, 15) is 9.90 Å². The second-order valence-corrected chi connectivity index (χ2v) is 7.67. The minimum atomic E-state index is -0.639. The highest BCUT2D eigenvalue weighted by atomic mass is 16.3. The van der Waals surface area contributed by atoms with Gasteiger partial charge >= 0.3 is 0 Å². The highest BCUT2D eigenvalue weighted by Crippen LogP contribution is 2.73. The first-order valence-electron chi connectivity index (χ1n) is 6.97. The van der Waals surface area contributed by atoms with Crippen molar-refractivity contribution < 1.29 is 9.90 Å². The van der Waals surface area contributed by atoms with E-state index in [-0.39, 0.29) is 11.3 Å². The van der Waals surface area contributed by atoms with Gasteiger partial charge in [-0.2, -0.15) is 0 Å². The Labute approximate surface area is 104 Å². The van der Waals surface area contributed by atoms with Gasteiger partial charge in [0.1, 0.15) is 5.78 Å². The molecule has 96 valence electrons. The Bertz CT molecular complexity index is 382. The zero-order valence-electron chi connectivity index (χ0n) is 11.4. The molecule has 0 aromatic heterocycles. The molecule has 0 aromatic carbocycles. The Morgan fingerprint density at radius 3 is 2.47 bits per heavy atom. The number of Topliss-reactive ketones (excluding diaryl/α,β-unsaturated/α-hetero) is 1. The molecule has 3 aliphatic rings. The first-order valence-corrected chi connectivity index (χ1v) is 6.97. The van der Waals surface area contributed by atoms with Gasteiger partial charge < -0.3 is 5.11 Å². The number of hydrogen-bond acceptors (Lipinski definition) is 2. The average molecular weight is 236 g/mol. The van der Waals surface area contributed by atoms with Crippen LogP contribution in [0, 0.1) is 28.6 Å². The van der Waals surface area contributed by atoms with Crippen LogP contribution in [0.25, 0.3) is 0 Å². The number of aliphatic hydroxyl groups is 1. The summed E-state index contributed by atoms with van der Waals surface area (Å²) in [5, 5.41) is 10.7. The zero-order chi connectivity index (χ0) is 12.6. The quantitative estimate of drug-likeness (QED) is 0.702. The van der Waals surface area contributed by atoms with E-state index in [4.69, 9.17) is 0 Å². The third-order valence-electron chi connectivity index (χ3n) is 6.32. The monoisotopic (exact) mass is 236 g/mol. The van der Waals surface area contributed by atoms with Crippen molar-refractivity contribution in [2.24, 2.45) is 28.6 Å². The van der Waals surface area contributed by atoms with Crippen LogP contribution in [-0.2, 0) is 4.79 Å². The summed E-state index contributed by atoms with van der Waals surface area (Å²) >= 11 is 0. The molecule has 0 aromatic rings. The third kappa shape index (κ3) is 1.28. The molecule has 0 aliphatic heterocycles. The van der Waals surface area contributed by atoms with Crippen molar-refractivity contribution in [1.82, 2.24) is 0 Å². The average Bonchev–Trinajstić information content (AvgIpc) is 2.75. The van der Waals surface area contributed by atoms with Crippen molar-refractivity contribution in [2.75, 3.05) is 0 Å². The predicted molar refractivity (Wildman–Crippen MR) is 66.5 cm³/mol. The second-order valence-electron chi connectivity index (χ2n) is 7.67. The second kappa shape index (κ2) is 2.96. The molecule has 3 rings (SSSR count). The number of fused-ring (bicyclic) bond motifs is 3. The summed E-state index contributed by atoms with van der Waals surface area (Å²) in [6.45, 7) is 8.68. The van der Waals surface area contributed by atoms with E-state index in [0.29, 0.717) is 30.0 Å². The predicted octanol–water partition coefficient (Wildman–Crippen LogP) is 2.79. The summed E-state index contributed by atoms with van der Waals surface area (Å²) < 4.78 is 0. The Morgan fingerprint density at radius 1 is 1.18 bits per heavy atom. The van der Waals surface area contributed by atoms with Crippen LogP contribution in [0.4, 0.5) is 0 Å². The van der Waals surface area contributed by atoms with Crippen molar-refractivity contribution in [1.29, 1.82) is 0 Å². The maximum atomic E-state index is 12.3. The number of hydrogen-bond donors (Lipinski definition) is 1. The Kier molecular flexibility index (Phi) is 2.04. The molecule has 3 fully saturated rings. The van der Waals surface area contributed by atoms with Crippen molar-refractivity contribution in [2.45, 2.75) is 59.0 Å². The SMILES string of the molecule is CC1(O)CCC(=O)[C@@]2(C)CCC3C(C12)C3(C)C. The molecule has 4 unspecified atom stereocenters. The molecular weight excluding hydrogens is 212 g/mol. The number of carbonyl (C=O) groups excluding carboxylic acids is 1. The Hall–Kier alpha value is -0.370. The van der Waals surface area contributed by atoms with Crippen LogP contribution in [-0.4, -0.2) is 16.5 Å². The van der Waals surface area contributed by atoms with Gasteiger partial charge in [-0.3, -0.25) is 4.79 Å². The topological polar surface area (TPSA) is 37.3 Å². The Balaban J connectivity index is 2.04. The van der Waals surface area contributed by atoms with Crippen LogP contribution in [0.3, 0.4) is 0 Å². The molecule has 0 saturated heterocycles. The zero-order valence-corrected chi connectivity index (χ0v) is 11.4. The molecule has 0 radical (unpaired) electrons. The molecule has 2 nitrogen and oxygen atoms in total. The van der Waals surface area contributed by atoms with Gasteiger partial charge in [0.25, 0.3) is 0 Å². The summed E-state index contributed by atoms with van der Waals surface area (Å²) in [7, 11) is 0. The highest BCUT2D eigenvalue weighted by molar-refractivity contribution is 5.86. The molecule has 2 heteroatoms. The molecule has 0 amide bonds. The van der Waals surface area contributed by atoms with Crippen LogP contribution in [0.15, 0.2) is 0 Å². The molecular formula is C15H24O2. The van der Waals surface area contributed by atoms with E-state index in [1.54, 1.807) is 0 Å². The highest BCUT2D eigenvalue weighted by Gasteiger charge is 2.71. The summed E-state index contributed by atoms with van der Waals surface area (Å²) in [5.74, 6) is 1.87. The van der Waals surface area contributed by atoms with Crippen molar-refractivity contribution in [3.8, 4) is 0 Å². The summed E-state index contributed by atoms with van der Waals surface area (Å²) in [4.78, 5) is 12.3. The fourth-order valence-electron chi connectivity index (χ4n) is 5.20. The largest absolute Gasteiger partial charge is 0.390 e. The lowest BCUT2D eigenvalue weighted by molar-refractivity contribution is -0.160. The molecule has 0 bridgehead atoms. The minimum absolute atomic E-state index is 0.185.